The van der Waals surface area contributed by atoms with E-state index in [4.69, 9.17) is 0 Å². The lowest BCUT2D eigenvalue weighted by Crippen LogP contribution is -2.12. The van der Waals surface area contributed by atoms with Gasteiger partial charge in [-0.15, -0.1) is 0 Å². The fraction of sp³-hybridized carbons (Fsp3) is 0.600. The monoisotopic (exact) mass is 303 g/mol. The topological polar surface area (TPSA) is 12.0 Å². The summed E-state index contributed by atoms with van der Waals surface area (Å²) in [7, 11) is 0. The number of anilines is 1. The minimum absolute atomic E-state index is 0.0718. The Kier molecular flexibility index (Phi) is 5.64. The quantitative estimate of drug-likeness (QED) is 0.702. The van der Waals surface area contributed by atoms with E-state index in [2.05, 4.69) is 5.32 Å². The highest BCUT2D eigenvalue weighted by Gasteiger charge is 2.28. The molecule has 0 aromatic heterocycles. The number of hydrogen-bond acceptors (Lipinski definition) is 2. The van der Waals surface area contributed by atoms with Gasteiger partial charge in [-0.25, -0.2) is 0 Å². The lowest BCUT2D eigenvalue weighted by Gasteiger charge is -2.21. The molecule has 1 N–H and O–H groups in total. The number of nitrogens with one attached hydrogen (secondary N) is 1. The van der Waals surface area contributed by atoms with Crippen LogP contribution < -0.4 is 5.32 Å². The second kappa shape index (κ2) is 7.25. The third-order valence-electron chi connectivity index (χ3n) is 3.69. The Bertz CT molecular complexity index is 397. The molecule has 0 radical (unpaired) electrons. The highest BCUT2D eigenvalue weighted by atomic mass is 32.2. The number of thioether (sulfide) groups is 1. The van der Waals surface area contributed by atoms with Crippen LogP contribution in [0.15, 0.2) is 29.2 Å². The number of rotatable bonds is 5. The first-order chi connectivity index (χ1) is 9.53. The van der Waals surface area contributed by atoms with Crippen LogP contribution in [0.3, 0.4) is 0 Å². The van der Waals surface area contributed by atoms with Crippen molar-refractivity contribution in [1.82, 2.24) is 0 Å². The molecule has 1 saturated carbocycles. The number of halogens is 3. The molecule has 0 unspecified atom stereocenters. The van der Waals surface area contributed by atoms with Gasteiger partial charge in [0, 0.05) is 17.1 Å². The Morgan fingerprint density at radius 3 is 2.30 bits per heavy atom. The van der Waals surface area contributed by atoms with Crippen molar-refractivity contribution in [3.05, 3.63) is 24.3 Å². The molecule has 0 saturated heterocycles. The molecule has 0 amide bonds. The maximum absolute atomic E-state index is 12.2. The van der Waals surface area contributed by atoms with Crippen LogP contribution in [0.2, 0.25) is 0 Å². The molecule has 1 aromatic rings. The van der Waals surface area contributed by atoms with Crippen molar-refractivity contribution in [2.45, 2.75) is 48.9 Å². The van der Waals surface area contributed by atoms with Gasteiger partial charge in [-0.2, -0.15) is 13.2 Å². The summed E-state index contributed by atoms with van der Waals surface area (Å²) in [6.07, 6.45) is 7.84. The van der Waals surface area contributed by atoms with Crippen molar-refractivity contribution in [1.29, 1.82) is 0 Å². The lowest BCUT2D eigenvalue weighted by atomic mass is 9.87. The Labute approximate surface area is 122 Å². The van der Waals surface area contributed by atoms with E-state index in [-0.39, 0.29) is 16.7 Å². The van der Waals surface area contributed by atoms with Crippen molar-refractivity contribution >= 4 is 17.4 Å². The van der Waals surface area contributed by atoms with Gasteiger partial charge in [0.25, 0.3) is 0 Å². The zero-order valence-corrected chi connectivity index (χ0v) is 12.2. The SMILES string of the molecule is FC(F)(F)Sc1ccc(NCCC2CCCCC2)cc1. The Morgan fingerprint density at radius 1 is 1.05 bits per heavy atom. The molecule has 1 aliphatic rings. The summed E-state index contributed by atoms with van der Waals surface area (Å²) in [5.74, 6) is 0.816. The summed E-state index contributed by atoms with van der Waals surface area (Å²) in [5.41, 5.74) is -3.32. The van der Waals surface area contributed by atoms with Crippen LogP contribution >= 0.6 is 11.8 Å². The predicted molar refractivity (Wildman–Crippen MR) is 78.0 cm³/mol. The van der Waals surface area contributed by atoms with Gasteiger partial charge in [0.2, 0.25) is 0 Å². The van der Waals surface area contributed by atoms with Crippen LogP contribution in [-0.4, -0.2) is 12.1 Å². The molecule has 0 heterocycles. The first-order valence-corrected chi connectivity index (χ1v) is 7.94. The number of hydrogen-bond donors (Lipinski definition) is 1. The smallest absolute Gasteiger partial charge is 0.385 e. The third-order valence-corrected chi connectivity index (χ3v) is 4.43. The molecule has 2 rings (SSSR count). The van der Waals surface area contributed by atoms with Gasteiger partial charge >= 0.3 is 5.51 Å². The van der Waals surface area contributed by atoms with Crippen molar-refractivity contribution < 1.29 is 13.2 Å². The predicted octanol–water partition coefficient (Wildman–Crippen LogP) is 5.68. The van der Waals surface area contributed by atoms with Gasteiger partial charge < -0.3 is 5.32 Å². The maximum atomic E-state index is 12.2. The molecule has 1 aromatic carbocycles. The molecule has 0 bridgehead atoms. The fourth-order valence-corrected chi connectivity index (χ4v) is 3.21. The van der Waals surface area contributed by atoms with Crippen molar-refractivity contribution in [3.63, 3.8) is 0 Å². The van der Waals surface area contributed by atoms with Crippen LogP contribution in [-0.2, 0) is 0 Å². The Hall–Kier alpha value is -0.840. The first-order valence-electron chi connectivity index (χ1n) is 7.12. The zero-order chi connectivity index (χ0) is 14.4. The molecule has 20 heavy (non-hydrogen) atoms. The van der Waals surface area contributed by atoms with E-state index in [1.807, 2.05) is 0 Å². The van der Waals surface area contributed by atoms with Crippen molar-refractivity contribution in [2.75, 3.05) is 11.9 Å². The standard InChI is InChI=1S/C15H20F3NS/c16-15(17,18)20-14-8-6-13(7-9-14)19-11-10-12-4-2-1-3-5-12/h6-9,12,19H,1-5,10-11H2. The van der Waals surface area contributed by atoms with Crippen molar-refractivity contribution in [3.8, 4) is 0 Å². The molecule has 0 atom stereocenters. The van der Waals surface area contributed by atoms with Gasteiger partial charge in [-0.3, -0.25) is 0 Å². The summed E-state index contributed by atoms with van der Waals surface area (Å²) in [6, 6.07) is 6.46. The average molecular weight is 303 g/mol. The van der Waals surface area contributed by atoms with Crippen LogP contribution in [0.25, 0.3) is 0 Å². The van der Waals surface area contributed by atoms with E-state index in [1.165, 1.54) is 44.2 Å². The van der Waals surface area contributed by atoms with E-state index in [9.17, 15) is 13.2 Å². The fourth-order valence-electron chi connectivity index (χ4n) is 2.67. The molecule has 112 valence electrons. The molecule has 5 heteroatoms. The third kappa shape index (κ3) is 5.65. The average Bonchev–Trinajstić information content (AvgIpc) is 2.40. The molecule has 0 aliphatic heterocycles. The highest BCUT2D eigenvalue weighted by Crippen LogP contribution is 2.37. The van der Waals surface area contributed by atoms with Crippen molar-refractivity contribution in [2.24, 2.45) is 5.92 Å². The summed E-state index contributed by atoms with van der Waals surface area (Å²) in [6.45, 7) is 0.899. The molecule has 1 aliphatic carbocycles. The summed E-state index contributed by atoms with van der Waals surface area (Å²) >= 11 is -0.0718. The molecule has 0 spiro atoms. The van der Waals surface area contributed by atoms with Gasteiger partial charge in [-0.1, -0.05) is 32.1 Å². The van der Waals surface area contributed by atoms with Gasteiger partial charge in [0.15, 0.2) is 0 Å². The van der Waals surface area contributed by atoms with E-state index < -0.39 is 5.51 Å². The minimum Gasteiger partial charge on any atom is -0.385 e. The first kappa shape index (κ1) is 15.5. The number of benzene rings is 1. The van der Waals surface area contributed by atoms with Crippen LogP contribution in [0.4, 0.5) is 18.9 Å². The van der Waals surface area contributed by atoms with Gasteiger partial charge in [0.05, 0.1) is 0 Å². The van der Waals surface area contributed by atoms with E-state index in [0.717, 1.165) is 24.6 Å². The van der Waals surface area contributed by atoms with E-state index >= 15 is 0 Å². The molecule has 1 nitrogen and oxygen atoms in total. The minimum atomic E-state index is -4.21. The second-order valence-corrected chi connectivity index (χ2v) is 6.43. The van der Waals surface area contributed by atoms with Gasteiger partial charge in [-0.05, 0) is 48.4 Å². The molecule has 1 fully saturated rings. The lowest BCUT2D eigenvalue weighted by molar-refractivity contribution is -0.0328. The summed E-state index contributed by atoms with van der Waals surface area (Å²) in [5, 5.41) is 3.29. The molecular weight excluding hydrogens is 283 g/mol. The largest absolute Gasteiger partial charge is 0.446 e. The summed E-state index contributed by atoms with van der Waals surface area (Å²) < 4.78 is 36.6. The van der Waals surface area contributed by atoms with Gasteiger partial charge in [0.1, 0.15) is 0 Å². The Morgan fingerprint density at radius 2 is 1.70 bits per heavy atom. The molecular formula is C15H20F3NS. The maximum Gasteiger partial charge on any atom is 0.446 e. The van der Waals surface area contributed by atoms with Crippen LogP contribution in [0, 0.1) is 5.92 Å². The zero-order valence-electron chi connectivity index (χ0n) is 11.4. The highest BCUT2D eigenvalue weighted by molar-refractivity contribution is 8.00. The van der Waals surface area contributed by atoms with Crippen LogP contribution in [0.5, 0.6) is 0 Å². The van der Waals surface area contributed by atoms with Crippen LogP contribution in [0.1, 0.15) is 38.5 Å². The van der Waals surface area contributed by atoms with E-state index in [0.29, 0.717) is 0 Å². The normalized spacial score (nSPS) is 17.1. The number of alkyl halides is 3. The summed E-state index contributed by atoms with van der Waals surface area (Å²) in [4.78, 5) is 0.232. The second-order valence-electron chi connectivity index (χ2n) is 5.29. The van der Waals surface area contributed by atoms with E-state index in [1.54, 1.807) is 12.1 Å². The Balaban J connectivity index is 1.73.